The number of rotatable bonds is 6. The second kappa shape index (κ2) is 7.80. The molecule has 1 atom stereocenters. The molecule has 0 amide bonds. The summed E-state index contributed by atoms with van der Waals surface area (Å²) in [5.74, 6) is 1.55. The molecule has 20 heavy (non-hydrogen) atoms. The largest absolute Gasteiger partial charge is 0.314 e. The second-order valence-corrected chi connectivity index (χ2v) is 6.67. The first-order valence-corrected chi connectivity index (χ1v) is 8.15. The maximum absolute atomic E-state index is 3.76. The monoisotopic (exact) mass is 274 g/mol. The molecule has 0 radical (unpaired) electrons. The van der Waals surface area contributed by atoms with E-state index < -0.39 is 0 Å². The Bertz CT molecular complexity index is 366. The van der Waals surface area contributed by atoms with Gasteiger partial charge >= 0.3 is 0 Å². The van der Waals surface area contributed by atoms with Crippen molar-refractivity contribution in [3.63, 3.8) is 0 Å². The van der Waals surface area contributed by atoms with Crippen molar-refractivity contribution >= 4 is 0 Å². The molecule has 2 nitrogen and oxygen atoms in total. The lowest BCUT2D eigenvalue weighted by Crippen LogP contribution is -2.43. The summed E-state index contributed by atoms with van der Waals surface area (Å²) < 4.78 is 0. The minimum absolute atomic E-state index is 0.725. The zero-order valence-electron chi connectivity index (χ0n) is 13.3. The van der Waals surface area contributed by atoms with Crippen molar-refractivity contribution in [1.29, 1.82) is 0 Å². The summed E-state index contributed by atoms with van der Waals surface area (Å²) >= 11 is 0. The summed E-state index contributed by atoms with van der Waals surface area (Å²) in [4.78, 5) is 2.58. The van der Waals surface area contributed by atoms with Crippen molar-refractivity contribution in [3.05, 3.63) is 35.9 Å². The van der Waals surface area contributed by atoms with E-state index in [0.29, 0.717) is 0 Å². The quantitative estimate of drug-likeness (QED) is 0.853. The van der Waals surface area contributed by atoms with Crippen LogP contribution in [0.1, 0.15) is 39.2 Å². The smallest absolute Gasteiger partial charge is 0.0233 e. The Morgan fingerprint density at radius 1 is 1.10 bits per heavy atom. The summed E-state index contributed by atoms with van der Waals surface area (Å²) in [6, 6.07) is 11.6. The van der Waals surface area contributed by atoms with Gasteiger partial charge < -0.3 is 5.32 Å². The maximum Gasteiger partial charge on any atom is 0.0233 e. The van der Waals surface area contributed by atoms with Crippen molar-refractivity contribution in [2.45, 2.75) is 46.2 Å². The van der Waals surface area contributed by atoms with Gasteiger partial charge in [0.05, 0.1) is 0 Å². The number of nitrogens with one attached hydrogen (secondary N) is 1. The summed E-state index contributed by atoms with van der Waals surface area (Å²) in [5.41, 5.74) is 1.44. The minimum Gasteiger partial charge on any atom is -0.314 e. The molecule has 112 valence electrons. The van der Waals surface area contributed by atoms with Gasteiger partial charge in [-0.15, -0.1) is 0 Å². The van der Waals surface area contributed by atoms with Crippen molar-refractivity contribution in [2.75, 3.05) is 19.6 Å². The van der Waals surface area contributed by atoms with Crippen LogP contribution in [0.3, 0.4) is 0 Å². The Kier molecular flexibility index (Phi) is 6.06. The summed E-state index contributed by atoms with van der Waals surface area (Å²) in [7, 11) is 0. The second-order valence-electron chi connectivity index (χ2n) is 6.67. The molecule has 1 heterocycles. The first kappa shape index (κ1) is 15.5. The Hall–Kier alpha value is -0.860. The van der Waals surface area contributed by atoms with Gasteiger partial charge in [0, 0.05) is 12.6 Å². The fourth-order valence-corrected chi connectivity index (χ4v) is 2.73. The van der Waals surface area contributed by atoms with Gasteiger partial charge in [0.15, 0.2) is 0 Å². The Morgan fingerprint density at radius 2 is 1.75 bits per heavy atom. The van der Waals surface area contributed by atoms with E-state index in [1.807, 2.05) is 0 Å². The number of piperidine rings is 1. The fourth-order valence-electron chi connectivity index (χ4n) is 2.73. The number of likely N-dealkylation sites (tertiary alicyclic amines) is 1. The topological polar surface area (TPSA) is 15.3 Å². The highest BCUT2D eigenvalue weighted by atomic mass is 15.1. The molecule has 1 aliphatic heterocycles. The van der Waals surface area contributed by atoms with E-state index in [-0.39, 0.29) is 0 Å². The van der Waals surface area contributed by atoms with Crippen LogP contribution in [0.2, 0.25) is 0 Å². The summed E-state index contributed by atoms with van der Waals surface area (Å²) in [6.07, 6.45) is 2.58. The SMILES string of the molecule is CC(C)C(C)CNC1CCN(Cc2ccccc2)CC1. The van der Waals surface area contributed by atoms with E-state index in [0.717, 1.165) is 24.4 Å². The van der Waals surface area contributed by atoms with Crippen LogP contribution >= 0.6 is 0 Å². The lowest BCUT2D eigenvalue weighted by Gasteiger charge is -2.33. The third-order valence-electron chi connectivity index (χ3n) is 4.70. The molecule has 1 fully saturated rings. The predicted octanol–water partition coefficient (Wildman–Crippen LogP) is 3.53. The van der Waals surface area contributed by atoms with Crippen LogP contribution in [-0.4, -0.2) is 30.6 Å². The van der Waals surface area contributed by atoms with Gasteiger partial charge in [-0.2, -0.15) is 0 Å². The summed E-state index contributed by atoms with van der Waals surface area (Å²) in [6.45, 7) is 11.7. The normalized spacial score (nSPS) is 19.4. The van der Waals surface area contributed by atoms with Crippen molar-refractivity contribution in [2.24, 2.45) is 11.8 Å². The molecule has 1 aromatic carbocycles. The molecule has 1 aliphatic rings. The molecule has 1 unspecified atom stereocenters. The molecular formula is C18H30N2. The van der Waals surface area contributed by atoms with Gasteiger partial charge in [0.1, 0.15) is 0 Å². The first-order valence-electron chi connectivity index (χ1n) is 8.15. The van der Waals surface area contributed by atoms with Crippen molar-refractivity contribution in [3.8, 4) is 0 Å². The van der Waals surface area contributed by atoms with E-state index in [1.165, 1.54) is 38.0 Å². The number of benzene rings is 1. The Morgan fingerprint density at radius 3 is 2.35 bits per heavy atom. The van der Waals surface area contributed by atoms with Crippen LogP contribution in [-0.2, 0) is 6.54 Å². The zero-order chi connectivity index (χ0) is 14.4. The Balaban J connectivity index is 1.67. The number of nitrogens with zero attached hydrogens (tertiary/aromatic N) is 1. The van der Waals surface area contributed by atoms with E-state index in [9.17, 15) is 0 Å². The fraction of sp³-hybridized carbons (Fsp3) is 0.667. The Labute approximate surface area is 124 Å². The van der Waals surface area contributed by atoms with Gasteiger partial charge in [-0.05, 0) is 49.9 Å². The third kappa shape index (κ3) is 4.92. The van der Waals surface area contributed by atoms with Crippen molar-refractivity contribution in [1.82, 2.24) is 10.2 Å². The third-order valence-corrected chi connectivity index (χ3v) is 4.70. The molecule has 0 aromatic heterocycles. The van der Waals surface area contributed by atoms with E-state index in [1.54, 1.807) is 0 Å². The molecule has 0 aliphatic carbocycles. The van der Waals surface area contributed by atoms with E-state index >= 15 is 0 Å². The molecule has 2 rings (SSSR count). The van der Waals surface area contributed by atoms with Crippen LogP contribution in [0.25, 0.3) is 0 Å². The van der Waals surface area contributed by atoms with E-state index in [2.05, 4.69) is 61.3 Å². The van der Waals surface area contributed by atoms with Gasteiger partial charge in [-0.3, -0.25) is 4.90 Å². The highest BCUT2D eigenvalue weighted by molar-refractivity contribution is 5.14. The lowest BCUT2D eigenvalue weighted by atomic mass is 9.97. The van der Waals surface area contributed by atoms with Crippen LogP contribution in [0.5, 0.6) is 0 Å². The molecule has 1 N–H and O–H groups in total. The highest BCUT2D eigenvalue weighted by Gasteiger charge is 2.19. The number of hydrogen-bond acceptors (Lipinski definition) is 2. The first-order chi connectivity index (χ1) is 9.65. The molecular weight excluding hydrogens is 244 g/mol. The van der Waals surface area contributed by atoms with Gasteiger partial charge in [0.25, 0.3) is 0 Å². The standard InChI is InChI=1S/C18H30N2/c1-15(2)16(3)13-19-18-9-11-20(12-10-18)14-17-7-5-4-6-8-17/h4-8,15-16,18-19H,9-14H2,1-3H3. The van der Waals surface area contributed by atoms with Crippen LogP contribution < -0.4 is 5.32 Å². The molecule has 0 spiro atoms. The molecule has 0 bridgehead atoms. The molecule has 1 aromatic rings. The zero-order valence-corrected chi connectivity index (χ0v) is 13.3. The number of hydrogen-bond donors (Lipinski definition) is 1. The maximum atomic E-state index is 3.76. The average Bonchev–Trinajstić information content (AvgIpc) is 2.47. The molecule has 0 saturated carbocycles. The van der Waals surface area contributed by atoms with Crippen molar-refractivity contribution < 1.29 is 0 Å². The molecule has 2 heteroatoms. The average molecular weight is 274 g/mol. The van der Waals surface area contributed by atoms with Gasteiger partial charge in [0.2, 0.25) is 0 Å². The van der Waals surface area contributed by atoms with Crippen LogP contribution in [0, 0.1) is 11.8 Å². The van der Waals surface area contributed by atoms with Crippen LogP contribution in [0.15, 0.2) is 30.3 Å². The van der Waals surface area contributed by atoms with Gasteiger partial charge in [-0.1, -0.05) is 51.1 Å². The predicted molar refractivity (Wildman–Crippen MR) is 86.7 cm³/mol. The minimum atomic E-state index is 0.725. The van der Waals surface area contributed by atoms with Gasteiger partial charge in [-0.25, -0.2) is 0 Å². The summed E-state index contributed by atoms with van der Waals surface area (Å²) in [5, 5.41) is 3.76. The van der Waals surface area contributed by atoms with E-state index in [4.69, 9.17) is 0 Å². The lowest BCUT2D eigenvalue weighted by molar-refractivity contribution is 0.186. The highest BCUT2D eigenvalue weighted by Crippen LogP contribution is 2.15. The molecule has 1 saturated heterocycles. The van der Waals surface area contributed by atoms with Crippen LogP contribution in [0.4, 0.5) is 0 Å².